The molecular weight excluding hydrogens is 509 g/mol. The number of carbonyl (C=O) groups is 1. The maximum Gasteiger partial charge on any atom is 0.234 e. The summed E-state index contributed by atoms with van der Waals surface area (Å²) in [7, 11) is 0. The average Bonchev–Trinajstić information content (AvgIpc) is 3.42. The van der Waals surface area contributed by atoms with Crippen LogP contribution in [0.15, 0.2) is 27.8 Å². The van der Waals surface area contributed by atoms with Gasteiger partial charge in [-0.3, -0.25) is 14.7 Å². The minimum absolute atomic E-state index is 0. The highest BCUT2D eigenvalue weighted by molar-refractivity contribution is 14.0. The molecule has 0 radical (unpaired) electrons. The van der Waals surface area contributed by atoms with Gasteiger partial charge in [0.15, 0.2) is 5.96 Å². The number of hydrogen-bond donors (Lipinski definition) is 2. The Morgan fingerprint density at radius 2 is 2.00 bits per heavy atom. The lowest BCUT2D eigenvalue weighted by Crippen LogP contribution is -2.54. The zero-order chi connectivity index (χ0) is 20.6. The first-order valence-electron chi connectivity index (χ1n) is 11.5. The van der Waals surface area contributed by atoms with Crippen molar-refractivity contribution >= 4 is 35.8 Å². The van der Waals surface area contributed by atoms with E-state index in [1.165, 1.54) is 6.42 Å². The normalized spacial score (nSPS) is 22.6. The van der Waals surface area contributed by atoms with Crippen LogP contribution in [0.4, 0.5) is 0 Å². The number of furan rings is 1. The quantitative estimate of drug-likeness (QED) is 0.295. The number of guanidine groups is 1. The summed E-state index contributed by atoms with van der Waals surface area (Å²) in [6.45, 7) is 6.31. The summed E-state index contributed by atoms with van der Waals surface area (Å²) in [5, 5.41) is 6.60. The van der Waals surface area contributed by atoms with Crippen LogP contribution >= 0.6 is 24.0 Å². The molecule has 2 aliphatic heterocycles. The molecule has 0 bridgehead atoms. The van der Waals surface area contributed by atoms with E-state index in [2.05, 4.69) is 20.4 Å². The zero-order valence-corrected chi connectivity index (χ0v) is 20.6. The van der Waals surface area contributed by atoms with E-state index >= 15 is 0 Å². The molecule has 2 N–H and O–H groups in total. The lowest BCUT2D eigenvalue weighted by molar-refractivity contribution is -0.122. The fraction of sp³-hybridized carbons (Fsp3) is 0.727. The van der Waals surface area contributed by atoms with Crippen LogP contribution < -0.4 is 10.6 Å². The minimum Gasteiger partial charge on any atom is -0.469 e. The van der Waals surface area contributed by atoms with Gasteiger partial charge in [0.1, 0.15) is 5.76 Å². The first-order chi connectivity index (χ1) is 14.8. The summed E-state index contributed by atoms with van der Waals surface area (Å²) < 4.78 is 11.3. The van der Waals surface area contributed by atoms with E-state index in [9.17, 15) is 4.79 Å². The Bertz CT molecular complexity index is 681. The van der Waals surface area contributed by atoms with Crippen LogP contribution in [0, 0.1) is 0 Å². The molecule has 1 unspecified atom stereocenters. The van der Waals surface area contributed by atoms with E-state index in [1.54, 1.807) is 6.26 Å². The molecule has 0 aromatic carbocycles. The molecule has 1 aromatic rings. The molecule has 1 aliphatic carbocycles. The van der Waals surface area contributed by atoms with Crippen molar-refractivity contribution in [1.29, 1.82) is 0 Å². The van der Waals surface area contributed by atoms with Crippen molar-refractivity contribution in [2.45, 2.75) is 50.7 Å². The second-order valence-electron chi connectivity index (χ2n) is 8.51. The number of carbonyl (C=O) groups excluding carboxylic acids is 1. The largest absolute Gasteiger partial charge is 0.469 e. The van der Waals surface area contributed by atoms with Crippen LogP contribution in [-0.2, 0) is 16.0 Å². The Hall–Kier alpha value is -1.33. The Kier molecular flexibility index (Phi) is 9.92. The highest BCUT2D eigenvalue weighted by Gasteiger charge is 2.26. The molecule has 8 nitrogen and oxygen atoms in total. The van der Waals surface area contributed by atoms with Crippen molar-refractivity contribution in [1.82, 2.24) is 20.4 Å². The lowest BCUT2D eigenvalue weighted by Gasteiger charge is -2.36. The SMILES string of the molecule is I.O=C(CN1CCN(C(=NCC2CCCCO2)NCCc2ccco2)CC1)NC1CC1. The molecule has 1 aromatic heterocycles. The number of halogens is 1. The van der Waals surface area contributed by atoms with Crippen molar-refractivity contribution in [3.05, 3.63) is 24.2 Å². The molecule has 3 aliphatic rings. The first kappa shape index (κ1) is 24.3. The van der Waals surface area contributed by atoms with E-state index < -0.39 is 0 Å². The second-order valence-corrected chi connectivity index (χ2v) is 8.51. The molecule has 31 heavy (non-hydrogen) atoms. The van der Waals surface area contributed by atoms with Gasteiger partial charge in [0, 0.05) is 51.8 Å². The van der Waals surface area contributed by atoms with Gasteiger partial charge in [-0.15, -0.1) is 24.0 Å². The topological polar surface area (TPSA) is 82.3 Å². The smallest absolute Gasteiger partial charge is 0.234 e. The maximum absolute atomic E-state index is 12.1. The number of rotatable bonds is 8. The van der Waals surface area contributed by atoms with Crippen LogP contribution in [-0.4, -0.2) is 86.2 Å². The summed E-state index contributed by atoms with van der Waals surface area (Å²) in [4.78, 5) is 21.5. The van der Waals surface area contributed by atoms with Crippen molar-refractivity contribution in [2.75, 3.05) is 52.4 Å². The minimum atomic E-state index is 0. The first-order valence-corrected chi connectivity index (χ1v) is 11.5. The fourth-order valence-electron chi connectivity index (χ4n) is 3.98. The van der Waals surface area contributed by atoms with Gasteiger partial charge in [0.25, 0.3) is 0 Å². The van der Waals surface area contributed by atoms with Crippen molar-refractivity contribution in [3.8, 4) is 0 Å². The maximum atomic E-state index is 12.1. The van der Waals surface area contributed by atoms with Crippen LogP contribution in [0.2, 0.25) is 0 Å². The van der Waals surface area contributed by atoms with E-state index in [4.69, 9.17) is 14.1 Å². The molecule has 3 heterocycles. The Balaban J connectivity index is 0.00000272. The number of aliphatic imine (C=N–C) groups is 1. The van der Waals surface area contributed by atoms with Gasteiger partial charge >= 0.3 is 0 Å². The van der Waals surface area contributed by atoms with Gasteiger partial charge in [0.2, 0.25) is 5.91 Å². The predicted molar refractivity (Wildman–Crippen MR) is 131 cm³/mol. The molecule has 4 rings (SSSR count). The van der Waals surface area contributed by atoms with Gasteiger partial charge in [-0.05, 0) is 44.2 Å². The van der Waals surface area contributed by atoms with Crippen LogP contribution in [0.5, 0.6) is 0 Å². The number of piperazine rings is 1. The number of hydrogen-bond acceptors (Lipinski definition) is 5. The molecule has 1 saturated carbocycles. The molecule has 3 fully saturated rings. The van der Waals surface area contributed by atoms with Crippen LogP contribution in [0.3, 0.4) is 0 Å². The molecule has 1 amide bonds. The third-order valence-corrected chi connectivity index (χ3v) is 5.93. The Morgan fingerprint density at radius 1 is 1.16 bits per heavy atom. The molecule has 0 spiro atoms. The number of ether oxygens (including phenoxy) is 1. The van der Waals surface area contributed by atoms with E-state index in [-0.39, 0.29) is 36.0 Å². The van der Waals surface area contributed by atoms with E-state index in [0.717, 1.165) is 83.2 Å². The monoisotopic (exact) mass is 545 g/mol. The molecule has 174 valence electrons. The third-order valence-electron chi connectivity index (χ3n) is 5.93. The standard InChI is InChI=1S/C22H35N5O3.HI/c28-21(25-18-6-7-18)17-26-10-12-27(13-11-26)22(23-9-8-19-5-3-15-29-19)24-16-20-4-1-2-14-30-20;/h3,5,15,18,20H,1-2,4,6-14,16-17H2,(H,23,24)(H,25,28);1H. The number of nitrogens with one attached hydrogen (secondary N) is 2. The van der Waals surface area contributed by atoms with Crippen molar-refractivity contribution in [3.63, 3.8) is 0 Å². The highest BCUT2D eigenvalue weighted by Crippen LogP contribution is 2.18. The fourth-order valence-corrected chi connectivity index (χ4v) is 3.98. The summed E-state index contributed by atoms with van der Waals surface area (Å²) in [6, 6.07) is 4.35. The van der Waals surface area contributed by atoms with Crippen molar-refractivity contribution in [2.24, 2.45) is 4.99 Å². The second kappa shape index (κ2) is 12.6. The summed E-state index contributed by atoms with van der Waals surface area (Å²) >= 11 is 0. The van der Waals surface area contributed by atoms with Crippen LogP contribution in [0.1, 0.15) is 37.9 Å². The molecular formula is C22H36IN5O3. The number of nitrogens with zero attached hydrogens (tertiary/aromatic N) is 3. The molecule has 2 saturated heterocycles. The van der Waals surface area contributed by atoms with Crippen LogP contribution in [0.25, 0.3) is 0 Å². The average molecular weight is 545 g/mol. The molecule has 1 atom stereocenters. The van der Waals surface area contributed by atoms with Crippen molar-refractivity contribution < 1.29 is 13.9 Å². The van der Waals surface area contributed by atoms with E-state index in [1.807, 2.05) is 12.1 Å². The third kappa shape index (κ3) is 8.27. The van der Waals surface area contributed by atoms with Gasteiger partial charge in [-0.25, -0.2) is 0 Å². The predicted octanol–water partition coefficient (Wildman–Crippen LogP) is 1.85. The highest BCUT2D eigenvalue weighted by atomic mass is 127. The van der Waals surface area contributed by atoms with Gasteiger partial charge in [-0.2, -0.15) is 0 Å². The summed E-state index contributed by atoms with van der Waals surface area (Å²) in [5.41, 5.74) is 0. The molecule has 9 heteroatoms. The van der Waals surface area contributed by atoms with E-state index in [0.29, 0.717) is 19.1 Å². The number of amides is 1. The van der Waals surface area contributed by atoms with Gasteiger partial charge in [-0.1, -0.05) is 0 Å². The van der Waals surface area contributed by atoms with Gasteiger partial charge < -0.3 is 24.7 Å². The van der Waals surface area contributed by atoms with Gasteiger partial charge in [0.05, 0.1) is 25.5 Å². The summed E-state index contributed by atoms with van der Waals surface area (Å²) in [6.07, 6.45) is 8.51. The Morgan fingerprint density at radius 3 is 2.68 bits per heavy atom. The lowest BCUT2D eigenvalue weighted by atomic mass is 10.1. The summed E-state index contributed by atoms with van der Waals surface area (Å²) in [5.74, 6) is 2.08. The zero-order valence-electron chi connectivity index (χ0n) is 18.3. The Labute approximate surface area is 202 Å².